The molecule has 1 aromatic carbocycles. The maximum Gasteiger partial charge on any atom is 0.0597 e. The van der Waals surface area contributed by atoms with Crippen LogP contribution in [0.25, 0.3) is 10.1 Å². The van der Waals surface area contributed by atoms with Gasteiger partial charge in [0.1, 0.15) is 0 Å². The van der Waals surface area contributed by atoms with E-state index in [-0.39, 0.29) is 5.38 Å². The van der Waals surface area contributed by atoms with Gasteiger partial charge in [0.2, 0.25) is 0 Å². The minimum Gasteiger partial charge on any atom is -0.142 e. The zero-order chi connectivity index (χ0) is 10.1. The molecule has 0 bridgehead atoms. The van der Waals surface area contributed by atoms with Gasteiger partial charge in [-0.25, -0.2) is 0 Å². The van der Waals surface area contributed by atoms with Gasteiger partial charge in [-0.15, -0.1) is 22.9 Å². The zero-order valence-corrected chi connectivity index (χ0v) is 10.9. The Labute approximate surface area is 101 Å². The van der Waals surface area contributed by atoms with Crippen molar-refractivity contribution in [1.29, 1.82) is 0 Å². The molecule has 0 aliphatic rings. The third-order valence-electron chi connectivity index (χ3n) is 2.28. The highest BCUT2D eigenvalue weighted by molar-refractivity contribution is 9.10. The zero-order valence-electron chi connectivity index (χ0n) is 7.76. The Balaban J connectivity index is 2.63. The van der Waals surface area contributed by atoms with Crippen molar-refractivity contribution in [3.8, 4) is 0 Å². The van der Waals surface area contributed by atoms with Crippen LogP contribution >= 0.6 is 38.9 Å². The lowest BCUT2D eigenvalue weighted by Gasteiger charge is -2.04. The van der Waals surface area contributed by atoms with Crippen molar-refractivity contribution in [1.82, 2.24) is 0 Å². The smallest absolute Gasteiger partial charge is 0.0597 e. The van der Waals surface area contributed by atoms with E-state index in [0.717, 1.165) is 10.9 Å². The van der Waals surface area contributed by atoms with Gasteiger partial charge >= 0.3 is 0 Å². The summed E-state index contributed by atoms with van der Waals surface area (Å²) in [6, 6.07) is 6.26. The van der Waals surface area contributed by atoms with Gasteiger partial charge in [0, 0.05) is 9.17 Å². The Hall–Kier alpha value is -0.0500. The van der Waals surface area contributed by atoms with Crippen LogP contribution in [0.3, 0.4) is 0 Å². The van der Waals surface area contributed by atoms with Crippen LogP contribution in [0.1, 0.15) is 24.3 Å². The van der Waals surface area contributed by atoms with Gasteiger partial charge in [0.05, 0.1) is 5.38 Å². The Morgan fingerprint density at radius 1 is 1.50 bits per heavy atom. The van der Waals surface area contributed by atoms with Crippen LogP contribution < -0.4 is 0 Å². The van der Waals surface area contributed by atoms with E-state index >= 15 is 0 Å². The number of halogens is 2. The fraction of sp³-hybridized carbons (Fsp3) is 0.273. The van der Waals surface area contributed by atoms with Gasteiger partial charge in [-0.1, -0.05) is 19.1 Å². The highest BCUT2D eigenvalue weighted by Crippen LogP contribution is 2.38. The Kier molecular flexibility index (Phi) is 3.15. The van der Waals surface area contributed by atoms with Crippen LogP contribution in [-0.2, 0) is 0 Å². The number of alkyl halides is 1. The lowest BCUT2D eigenvalue weighted by atomic mass is 10.1. The summed E-state index contributed by atoms with van der Waals surface area (Å²) in [5, 5.41) is 3.58. The second-order valence-corrected chi connectivity index (χ2v) is 5.44. The van der Waals surface area contributed by atoms with Gasteiger partial charge < -0.3 is 0 Å². The summed E-state index contributed by atoms with van der Waals surface area (Å²) >= 11 is 11.6. The quantitative estimate of drug-likeness (QED) is 0.653. The molecule has 0 aliphatic carbocycles. The molecule has 0 saturated carbocycles. The summed E-state index contributed by atoms with van der Waals surface area (Å²) in [6.07, 6.45) is 0.972. The molecule has 0 amide bonds. The average Bonchev–Trinajstić information content (AvgIpc) is 2.62. The first-order valence-electron chi connectivity index (χ1n) is 4.53. The van der Waals surface area contributed by atoms with Crippen molar-refractivity contribution in [3.63, 3.8) is 0 Å². The molecule has 0 saturated heterocycles. The maximum atomic E-state index is 6.25. The van der Waals surface area contributed by atoms with Gasteiger partial charge in [0.25, 0.3) is 0 Å². The molecule has 1 unspecified atom stereocenters. The van der Waals surface area contributed by atoms with Crippen molar-refractivity contribution in [2.75, 3.05) is 0 Å². The first-order chi connectivity index (χ1) is 6.74. The SMILES string of the molecule is CCC(Cl)c1csc2c(Br)cccc12. The molecule has 0 N–H and O–H groups in total. The first kappa shape index (κ1) is 10.5. The molecule has 3 heteroatoms. The van der Waals surface area contributed by atoms with E-state index in [1.165, 1.54) is 15.6 Å². The third kappa shape index (κ3) is 1.71. The minimum absolute atomic E-state index is 0.137. The van der Waals surface area contributed by atoms with Crippen LogP contribution in [0.4, 0.5) is 0 Å². The molecule has 2 rings (SSSR count). The van der Waals surface area contributed by atoms with Crippen molar-refractivity contribution < 1.29 is 0 Å². The molecule has 74 valence electrons. The molecule has 1 heterocycles. The highest BCUT2D eigenvalue weighted by atomic mass is 79.9. The number of benzene rings is 1. The Morgan fingerprint density at radius 3 is 3.00 bits per heavy atom. The molecule has 0 spiro atoms. The summed E-state index contributed by atoms with van der Waals surface area (Å²) in [7, 11) is 0. The van der Waals surface area contributed by atoms with E-state index in [0.29, 0.717) is 0 Å². The van der Waals surface area contributed by atoms with E-state index < -0.39 is 0 Å². The monoisotopic (exact) mass is 288 g/mol. The number of hydrogen-bond acceptors (Lipinski definition) is 1. The largest absolute Gasteiger partial charge is 0.142 e. The highest BCUT2D eigenvalue weighted by Gasteiger charge is 2.12. The van der Waals surface area contributed by atoms with Gasteiger partial charge in [0.15, 0.2) is 0 Å². The van der Waals surface area contributed by atoms with Crippen LogP contribution in [0, 0.1) is 0 Å². The Morgan fingerprint density at radius 2 is 2.29 bits per heavy atom. The molecular formula is C11H10BrClS. The molecule has 2 aromatic rings. The summed E-state index contributed by atoms with van der Waals surface area (Å²) in [5.74, 6) is 0. The van der Waals surface area contributed by atoms with E-state index in [1.807, 2.05) is 0 Å². The average molecular weight is 290 g/mol. The topological polar surface area (TPSA) is 0 Å². The minimum atomic E-state index is 0.137. The normalized spacial score (nSPS) is 13.4. The van der Waals surface area contributed by atoms with Gasteiger partial charge in [-0.2, -0.15) is 0 Å². The maximum absolute atomic E-state index is 6.25. The van der Waals surface area contributed by atoms with Crippen LogP contribution in [0.15, 0.2) is 28.1 Å². The molecule has 0 radical (unpaired) electrons. The fourth-order valence-corrected chi connectivity index (χ4v) is 3.44. The summed E-state index contributed by atoms with van der Waals surface area (Å²) < 4.78 is 2.45. The van der Waals surface area contributed by atoms with E-state index in [9.17, 15) is 0 Å². The van der Waals surface area contributed by atoms with Crippen LogP contribution in [0.2, 0.25) is 0 Å². The van der Waals surface area contributed by atoms with Crippen molar-refractivity contribution >= 4 is 49.0 Å². The van der Waals surface area contributed by atoms with Crippen LogP contribution in [-0.4, -0.2) is 0 Å². The summed E-state index contributed by atoms with van der Waals surface area (Å²) in [5.41, 5.74) is 1.26. The van der Waals surface area contributed by atoms with Gasteiger partial charge in [-0.3, -0.25) is 0 Å². The predicted molar refractivity (Wildman–Crippen MR) is 68.4 cm³/mol. The van der Waals surface area contributed by atoms with Gasteiger partial charge in [-0.05, 0) is 44.7 Å². The summed E-state index contributed by atoms with van der Waals surface area (Å²) in [6.45, 7) is 2.11. The summed E-state index contributed by atoms with van der Waals surface area (Å²) in [4.78, 5) is 0. The second kappa shape index (κ2) is 4.21. The molecule has 14 heavy (non-hydrogen) atoms. The number of thiophene rings is 1. The Bertz CT molecular complexity index is 449. The molecule has 0 nitrogen and oxygen atoms in total. The standard InChI is InChI=1S/C11H10BrClS/c1-2-10(13)8-6-14-11-7(8)4-3-5-9(11)12/h3-6,10H,2H2,1H3. The lowest BCUT2D eigenvalue weighted by Crippen LogP contribution is -1.84. The van der Waals surface area contributed by atoms with E-state index in [2.05, 4.69) is 46.4 Å². The fourth-order valence-electron chi connectivity index (χ4n) is 1.50. The lowest BCUT2D eigenvalue weighted by molar-refractivity contribution is 0.894. The molecular weight excluding hydrogens is 280 g/mol. The van der Waals surface area contributed by atoms with E-state index in [4.69, 9.17) is 11.6 Å². The van der Waals surface area contributed by atoms with E-state index in [1.54, 1.807) is 11.3 Å². The van der Waals surface area contributed by atoms with Crippen molar-refractivity contribution in [2.24, 2.45) is 0 Å². The molecule has 0 aliphatic heterocycles. The predicted octanol–water partition coefficient (Wildman–Crippen LogP) is 5.35. The first-order valence-corrected chi connectivity index (χ1v) is 6.64. The molecule has 0 fully saturated rings. The third-order valence-corrected chi connectivity index (χ3v) is 4.79. The second-order valence-electron chi connectivity index (χ2n) is 3.18. The number of rotatable bonds is 2. The van der Waals surface area contributed by atoms with Crippen molar-refractivity contribution in [2.45, 2.75) is 18.7 Å². The number of fused-ring (bicyclic) bond motifs is 1. The molecule has 1 atom stereocenters. The van der Waals surface area contributed by atoms with Crippen molar-refractivity contribution in [3.05, 3.63) is 33.6 Å². The van der Waals surface area contributed by atoms with Crippen LogP contribution in [0.5, 0.6) is 0 Å². The number of hydrogen-bond donors (Lipinski definition) is 0. The molecule has 1 aromatic heterocycles.